The number of pyridine rings is 1. The molecule has 0 saturated heterocycles. The Morgan fingerprint density at radius 3 is 1.81 bits per heavy atom. The zero-order valence-corrected chi connectivity index (χ0v) is 37.7. The molecule has 13 aromatic rings. The van der Waals surface area contributed by atoms with Crippen molar-refractivity contribution >= 4 is 54.6 Å². The van der Waals surface area contributed by atoms with E-state index in [1.807, 2.05) is 53.1 Å². The van der Waals surface area contributed by atoms with Gasteiger partial charge in [0.1, 0.15) is 17.3 Å². The van der Waals surface area contributed by atoms with Gasteiger partial charge in [0.05, 0.1) is 69.1 Å². The Morgan fingerprint density at radius 2 is 1.11 bits per heavy atom. The lowest BCUT2D eigenvalue weighted by Crippen LogP contribution is -2.31. The second-order valence-electron chi connectivity index (χ2n) is 17.7. The Labute approximate surface area is 431 Å². The predicted octanol–water partition coefficient (Wildman–Crippen LogP) is 15.7. The van der Waals surface area contributed by atoms with Gasteiger partial charge in [0.25, 0.3) is 6.33 Å². The van der Waals surface area contributed by atoms with Crippen LogP contribution in [0.2, 0.25) is 0 Å². The van der Waals surface area contributed by atoms with Crippen LogP contribution < -0.4 is 9.30 Å². The Hall–Kier alpha value is -9.00. The third kappa shape index (κ3) is 6.87. The summed E-state index contributed by atoms with van der Waals surface area (Å²) in [5.74, 6) is 1.09. The highest BCUT2D eigenvalue weighted by Crippen LogP contribution is 2.40. The van der Waals surface area contributed by atoms with E-state index >= 15 is 0 Å². The summed E-state index contributed by atoms with van der Waals surface area (Å²) < 4.78 is 175. The zero-order valence-electron chi connectivity index (χ0n) is 55.7. The van der Waals surface area contributed by atoms with Crippen LogP contribution in [0.15, 0.2) is 230 Å². The number of hydrogen-bond donors (Lipinski definition) is 0. The minimum absolute atomic E-state index is 0.00254. The van der Waals surface area contributed by atoms with Crippen LogP contribution in [0.4, 0.5) is 0 Å². The summed E-state index contributed by atoms with van der Waals surface area (Å²) >= 11 is 0. The molecule has 0 amide bonds. The zero-order chi connectivity index (χ0) is 62.6. The number of imidazole rings is 1. The van der Waals surface area contributed by atoms with E-state index in [-0.39, 0.29) is 72.3 Å². The summed E-state index contributed by atoms with van der Waals surface area (Å²) in [6.45, 7) is 6.36. The van der Waals surface area contributed by atoms with Crippen molar-refractivity contribution in [3.8, 4) is 56.6 Å². The smallest absolute Gasteiger partial charge is 0.269 e. The van der Waals surface area contributed by atoms with E-state index in [1.165, 1.54) is 27.3 Å². The van der Waals surface area contributed by atoms with Crippen molar-refractivity contribution in [2.45, 2.75) is 26.2 Å². The monoisotopic (exact) mass is 919 g/mol. The molecule has 0 unspecified atom stereocenters. The van der Waals surface area contributed by atoms with Gasteiger partial charge in [0.15, 0.2) is 0 Å². The van der Waals surface area contributed by atoms with Gasteiger partial charge in [-0.15, -0.1) is 0 Å². The molecule has 334 valence electrons. The number of aromatic nitrogens is 5. The second-order valence-corrected chi connectivity index (χ2v) is 17.7. The summed E-state index contributed by atoms with van der Waals surface area (Å²) in [6.07, 6.45) is 5.18. The molecule has 0 spiro atoms. The largest absolute Gasteiger partial charge is 0.458 e. The van der Waals surface area contributed by atoms with Gasteiger partial charge >= 0.3 is 0 Å². The quantitative estimate of drug-likeness (QED) is 0.113. The van der Waals surface area contributed by atoms with Crippen LogP contribution in [0.5, 0.6) is 11.5 Å². The molecule has 0 aliphatic rings. The molecule has 0 aliphatic carbocycles. The van der Waals surface area contributed by atoms with E-state index < -0.39 is 109 Å². The van der Waals surface area contributed by atoms with E-state index in [2.05, 4.69) is 27.1 Å². The molecule has 0 aliphatic heterocycles. The fourth-order valence-corrected chi connectivity index (χ4v) is 9.34. The van der Waals surface area contributed by atoms with Crippen LogP contribution in [0.25, 0.3) is 99.8 Å². The van der Waals surface area contributed by atoms with Gasteiger partial charge in [-0.1, -0.05) is 178 Å². The van der Waals surface area contributed by atoms with Crippen molar-refractivity contribution < 1.29 is 34.0 Å². The number of rotatable bonds is 8. The lowest BCUT2D eigenvalue weighted by Gasteiger charge is -2.20. The fraction of sp³-hybridized carbons (Fsp3) is 0.0625. The minimum Gasteiger partial charge on any atom is -0.458 e. The van der Waals surface area contributed by atoms with Gasteiger partial charge in [-0.2, -0.15) is 0 Å². The molecule has 0 fully saturated rings. The van der Waals surface area contributed by atoms with Gasteiger partial charge in [-0.25, -0.2) is 4.98 Å². The van der Waals surface area contributed by atoms with Crippen LogP contribution in [0, 0.1) is 6.33 Å². The standard InChI is InChI=1S/C64H47N5O/c1-64(2,3)45-35-36-65-62(37-45)69-58-30-15-12-25-54(58)55-34-33-48(41-61(55)69)70-49-39-46(38-47(40-49)68-56-28-13-10-23-52(56)53-24-11-14-29-57(53)68)66-42-67(60-32-17-16-31-59(60)66)63-50(43-19-6-4-7-20-43)26-18-27-51(63)44-21-8-5-9-22-44/h4-41H,1-3H3/i4D,5D,6D,7D,8D,9D,10D,11D,13D,14D,19D,20D,21D,22D,23D,24D,28D,29D. The van der Waals surface area contributed by atoms with Crippen LogP contribution in [0.1, 0.15) is 51.0 Å². The SMILES string of the molecule is [2H]c1c([2H])c([2H])c(-c2cccc(-c3c([2H])c([2H])c([2H])c([2H])c3[2H])c2-[n+]2[c-]n(-c3cc(Oc4ccc5c6ccccc6n(-c6cc(C(C)(C)C)ccn6)c5c4)cc(-n4c5c([2H])c([2H])c([2H])c([2H])c5c5c([2H])c([2H])c([2H])c([2H])c54)c3)c3ccccc32)c([2H])c1[2H]. The highest BCUT2D eigenvalue weighted by Gasteiger charge is 2.23. The van der Waals surface area contributed by atoms with E-state index in [4.69, 9.17) is 23.4 Å². The third-order valence-corrected chi connectivity index (χ3v) is 12.5. The molecule has 13 rings (SSSR count). The lowest BCUT2D eigenvalue weighted by atomic mass is 9.88. The van der Waals surface area contributed by atoms with E-state index in [9.17, 15) is 11.0 Å². The predicted molar refractivity (Wildman–Crippen MR) is 286 cm³/mol. The third-order valence-electron chi connectivity index (χ3n) is 12.5. The van der Waals surface area contributed by atoms with Gasteiger partial charge in [0.2, 0.25) is 0 Å². The maximum absolute atomic E-state index is 9.43. The summed E-state index contributed by atoms with van der Waals surface area (Å²) in [4.78, 5) is 4.85. The van der Waals surface area contributed by atoms with E-state index in [1.54, 1.807) is 59.3 Å². The van der Waals surface area contributed by atoms with Crippen molar-refractivity contribution in [1.82, 2.24) is 18.7 Å². The summed E-state index contributed by atoms with van der Waals surface area (Å²) in [6, 6.07) is 22.8. The van der Waals surface area contributed by atoms with Crippen LogP contribution >= 0.6 is 0 Å². The van der Waals surface area contributed by atoms with Crippen LogP contribution in [0.3, 0.4) is 0 Å². The maximum Gasteiger partial charge on any atom is 0.269 e. The first kappa shape index (κ1) is 26.5. The molecular weight excluding hydrogens is 855 g/mol. The molecule has 0 bridgehead atoms. The number of para-hydroxylation sites is 6. The molecule has 0 radical (unpaired) electrons. The molecule has 6 nitrogen and oxygen atoms in total. The fourth-order valence-electron chi connectivity index (χ4n) is 9.34. The molecule has 0 saturated carbocycles. The molecule has 70 heavy (non-hydrogen) atoms. The van der Waals surface area contributed by atoms with Crippen LogP contribution in [-0.2, 0) is 5.41 Å². The molecule has 4 heterocycles. The molecule has 9 aromatic carbocycles. The number of fused-ring (bicyclic) bond motifs is 7. The molecule has 4 aromatic heterocycles. The number of ether oxygens (including phenoxy) is 1. The van der Waals surface area contributed by atoms with Gasteiger partial charge in [-0.05, 0) is 87.8 Å². The Morgan fingerprint density at radius 1 is 0.500 bits per heavy atom. The molecule has 0 N–H and O–H groups in total. The topological polar surface area (TPSA) is 40.8 Å². The van der Waals surface area contributed by atoms with Gasteiger partial charge < -0.3 is 9.30 Å². The number of nitrogens with zero attached hydrogens (tertiary/aromatic N) is 5. The first-order valence-corrected chi connectivity index (χ1v) is 22.4. The van der Waals surface area contributed by atoms with Crippen molar-refractivity contribution in [1.29, 1.82) is 0 Å². The Kier molecular flexibility index (Phi) is 6.20. The summed E-state index contributed by atoms with van der Waals surface area (Å²) in [5.41, 5.74) is 2.65. The maximum atomic E-state index is 9.43. The van der Waals surface area contributed by atoms with Crippen molar-refractivity contribution in [3.05, 3.63) is 242 Å². The van der Waals surface area contributed by atoms with Crippen molar-refractivity contribution in [2.75, 3.05) is 0 Å². The average Bonchev–Trinajstić information content (AvgIpc) is 1.61. The summed E-state index contributed by atoms with van der Waals surface area (Å²) in [5, 5.41) is 1.51. The lowest BCUT2D eigenvalue weighted by molar-refractivity contribution is -0.571. The highest BCUT2D eigenvalue weighted by molar-refractivity contribution is 6.10. The van der Waals surface area contributed by atoms with E-state index in [0.717, 1.165) is 27.4 Å². The normalized spacial score (nSPS) is 15.5. The first-order valence-electron chi connectivity index (χ1n) is 31.4. The summed E-state index contributed by atoms with van der Waals surface area (Å²) in [7, 11) is 0. The second kappa shape index (κ2) is 16.4. The average molecular weight is 920 g/mol. The van der Waals surface area contributed by atoms with Crippen LogP contribution in [-0.4, -0.2) is 18.7 Å². The first-order chi connectivity index (χ1) is 41.8. The molecular formula is C64H47N5O. The van der Waals surface area contributed by atoms with Crippen molar-refractivity contribution in [3.63, 3.8) is 0 Å². The van der Waals surface area contributed by atoms with Gasteiger partial charge in [0, 0.05) is 45.6 Å². The minimum atomic E-state index is -0.657. The Balaban J connectivity index is 1.13. The number of hydrogen-bond acceptors (Lipinski definition) is 2. The highest BCUT2D eigenvalue weighted by atomic mass is 16.5. The van der Waals surface area contributed by atoms with Crippen molar-refractivity contribution in [2.24, 2.45) is 0 Å². The van der Waals surface area contributed by atoms with Gasteiger partial charge in [-0.3, -0.25) is 13.7 Å². The molecule has 0 atom stereocenters. The Bertz CT molecular complexity index is 5010. The molecule has 6 heteroatoms. The van der Waals surface area contributed by atoms with E-state index in [0.29, 0.717) is 22.6 Å². The number of benzene rings is 9.